The van der Waals surface area contributed by atoms with Crippen molar-refractivity contribution in [1.82, 2.24) is 19.3 Å². The molecule has 0 N–H and O–H groups in total. The zero-order valence-electron chi connectivity index (χ0n) is 19.1. The van der Waals surface area contributed by atoms with Crippen LogP contribution in [0.25, 0.3) is 16.9 Å². The maximum atomic E-state index is 13.5. The number of ether oxygens (including phenoxy) is 2. The normalized spacial score (nSPS) is 14.1. The van der Waals surface area contributed by atoms with E-state index in [0.29, 0.717) is 34.9 Å². The molecule has 1 fully saturated rings. The second-order valence-corrected chi connectivity index (χ2v) is 15.1. The van der Waals surface area contributed by atoms with Crippen molar-refractivity contribution in [3.05, 3.63) is 52.1 Å². The van der Waals surface area contributed by atoms with Crippen LogP contribution in [-0.4, -0.2) is 46.6 Å². The molecule has 1 saturated carbocycles. The van der Waals surface area contributed by atoms with Gasteiger partial charge in [-0.05, 0) is 49.4 Å². The van der Waals surface area contributed by atoms with Crippen molar-refractivity contribution in [3.8, 4) is 5.95 Å². The molecule has 1 aromatic carbocycles. The summed E-state index contributed by atoms with van der Waals surface area (Å²) in [5.74, 6) is 0.386. The molecule has 0 bridgehead atoms. The van der Waals surface area contributed by atoms with Crippen LogP contribution in [0.3, 0.4) is 0 Å². The topological polar surface area (TPSA) is 88.2 Å². The van der Waals surface area contributed by atoms with Crippen molar-refractivity contribution in [2.45, 2.75) is 58.1 Å². The Morgan fingerprint density at radius 2 is 2.03 bits per heavy atom. The molecule has 2 heterocycles. The average Bonchev–Trinajstić information content (AvgIpc) is 3.48. The Balaban J connectivity index is 1.73. The zero-order chi connectivity index (χ0) is 22.9. The fourth-order valence-corrected chi connectivity index (χ4v) is 4.23. The molecule has 0 unspecified atom stereocenters. The van der Waals surface area contributed by atoms with Gasteiger partial charge >= 0.3 is 5.97 Å². The van der Waals surface area contributed by atoms with Crippen LogP contribution in [0, 0.1) is 0 Å². The van der Waals surface area contributed by atoms with Crippen molar-refractivity contribution in [2.24, 2.45) is 0 Å². The molecule has 1 aliphatic carbocycles. The summed E-state index contributed by atoms with van der Waals surface area (Å²) < 4.78 is 13.9. The summed E-state index contributed by atoms with van der Waals surface area (Å²) in [6, 6.07) is 6.88. The van der Waals surface area contributed by atoms with Crippen LogP contribution >= 0.6 is 0 Å². The van der Waals surface area contributed by atoms with E-state index in [1.807, 2.05) is 18.2 Å². The van der Waals surface area contributed by atoms with Gasteiger partial charge < -0.3 is 9.47 Å². The Hall–Kier alpha value is -2.78. The van der Waals surface area contributed by atoms with E-state index in [0.717, 1.165) is 18.9 Å². The van der Waals surface area contributed by atoms with Gasteiger partial charge in [-0.25, -0.2) is 14.5 Å². The molecular weight excluding hydrogens is 424 g/mol. The molecule has 0 saturated heterocycles. The Morgan fingerprint density at radius 1 is 1.25 bits per heavy atom. The Bertz CT molecular complexity index is 1190. The fraction of sp³-hybridized carbons (Fsp3) is 0.478. The van der Waals surface area contributed by atoms with E-state index >= 15 is 0 Å². The lowest BCUT2D eigenvalue weighted by molar-refractivity contribution is 0.0526. The van der Waals surface area contributed by atoms with Crippen molar-refractivity contribution in [1.29, 1.82) is 0 Å². The lowest BCUT2D eigenvalue weighted by Crippen LogP contribution is -2.28. The van der Waals surface area contributed by atoms with Gasteiger partial charge in [-0.3, -0.25) is 9.36 Å². The summed E-state index contributed by atoms with van der Waals surface area (Å²) in [4.78, 5) is 30.3. The molecule has 9 heteroatoms. The molecule has 0 aliphatic heterocycles. The van der Waals surface area contributed by atoms with Crippen LogP contribution in [0.2, 0.25) is 25.7 Å². The summed E-state index contributed by atoms with van der Waals surface area (Å²) in [7, 11) is -1.26. The first-order valence-corrected chi connectivity index (χ1v) is 14.8. The van der Waals surface area contributed by atoms with E-state index in [1.165, 1.54) is 27.2 Å². The van der Waals surface area contributed by atoms with E-state index in [9.17, 15) is 9.59 Å². The van der Waals surface area contributed by atoms with E-state index < -0.39 is 14.0 Å². The summed E-state index contributed by atoms with van der Waals surface area (Å²) >= 11 is 0. The van der Waals surface area contributed by atoms with Crippen molar-refractivity contribution in [2.75, 3.05) is 13.2 Å². The number of carbonyl (C=O) groups excluding carboxylic acids is 1. The third-order valence-corrected chi connectivity index (χ3v) is 7.23. The van der Waals surface area contributed by atoms with Crippen LogP contribution in [0.1, 0.15) is 41.6 Å². The molecular formula is C23H30N4O4Si. The van der Waals surface area contributed by atoms with Gasteiger partial charge in [-0.2, -0.15) is 5.10 Å². The summed E-state index contributed by atoms with van der Waals surface area (Å²) in [5, 5.41) is 4.84. The predicted molar refractivity (Wildman–Crippen MR) is 125 cm³/mol. The number of benzene rings is 1. The first-order valence-electron chi connectivity index (χ1n) is 11.1. The predicted octanol–water partition coefficient (Wildman–Crippen LogP) is 3.95. The molecule has 0 atom stereocenters. The first kappa shape index (κ1) is 22.4. The van der Waals surface area contributed by atoms with E-state index in [-0.39, 0.29) is 18.9 Å². The van der Waals surface area contributed by atoms with Crippen molar-refractivity contribution in [3.63, 3.8) is 0 Å². The van der Waals surface area contributed by atoms with E-state index in [2.05, 4.69) is 24.7 Å². The van der Waals surface area contributed by atoms with Gasteiger partial charge in [0.1, 0.15) is 6.73 Å². The molecule has 0 spiro atoms. The summed E-state index contributed by atoms with van der Waals surface area (Å²) in [6.45, 7) is 9.53. The molecule has 1 aliphatic rings. The lowest BCUT2D eigenvalue weighted by atomic mass is 10.1. The van der Waals surface area contributed by atoms with Crippen LogP contribution in [0.4, 0.5) is 0 Å². The Labute approximate surface area is 188 Å². The first-order chi connectivity index (χ1) is 15.3. The zero-order valence-corrected chi connectivity index (χ0v) is 20.1. The minimum atomic E-state index is -1.26. The minimum Gasteiger partial charge on any atom is -0.462 e. The maximum Gasteiger partial charge on any atom is 0.341 e. The van der Waals surface area contributed by atoms with E-state index in [1.54, 1.807) is 6.92 Å². The molecule has 8 nitrogen and oxygen atoms in total. The standard InChI is InChI=1S/C23H30N4O4Si/c1-5-31-22(29)18-13-24-27(14-18)23-25-20-9-8-17(16-6-7-16)12-19(20)21(28)26(23)15-30-10-11-32(2,3)4/h8-9,12-14,16H,5-7,10-11,15H2,1-4H3. The van der Waals surface area contributed by atoms with Gasteiger partial charge in [-0.1, -0.05) is 25.7 Å². The number of esters is 1. The third-order valence-electron chi connectivity index (χ3n) is 5.52. The largest absolute Gasteiger partial charge is 0.462 e. The SMILES string of the molecule is CCOC(=O)c1cnn(-c2nc3ccc(C4CC4)cc3c(=O)n2COCC[Si](C)(C)C)c1. The maximum absolute atomic E-state index is 13.5. The number of nitrogens with zero attached hydrogens (tertiary/aromatic N) is 4. The number of aromatic nitrogens is 4. The van der Waals surface area contributed by atoms with Gasteiger partial charge in [0.25, 0.3) is 5.56 Å². The fourth-order valence-electron chi connectivity index (χ4n) is 3.47. The lowest BCUT2D eigenvalue weighted by Gasteiger charge is -2.17. The molecule has 3 aromatic rings. The van der Waals surface area contributed by atoms with Gasteiger partial charge in [0.05, 0.1) is 29.3 Å². The molecule has 4 rings (SSSR count). The van der Waals surface area contributed by atoms with E-state index in [4.69, 9.17) is 14.5 Å². The van der Waals surface area contributed by atoms with Gasteiger partial charge in [0.15, 0.2) is 0 Å². The highest BCUT2D eigenvalue weighted by Crippen LogP contribution is 2.40. The van der Waals surface area contributed by atoms with Crippen molar-refractivity contribution >= 4 is 24.9 Å². The smallest absolute Gasteiger partial charge is 0.341 e. The van der Waals surface area contributed by atoms with Crippen LogP contribution in [-0.2, 0) is 16.2 Å². The van der Waals surface area contributed by atoms with Crippen LogP contribution in [0.15, 0.2) is 35.4 Å². The number of fused-ring (bicyclic) bond motifs is 1. The highest BCUT2D eigenvalue weighted by atomic mass is 28.3. The van der Waals surface area contributed by atoms with Crippen molar-refractivity contribution < 1.29 is 14.3 Å². The summed E-state index contributed by atoms with van der Waals surface area (Å²) in [5.41, 5.74) is 1.91. The number of rotatable bonds is 9. The van der Waals surface area contributed by atoms with Gasteiger partial charge in [0.2, 0.25) is 5.95 Å². The highest BCUT2D eigenvalue weighted by molar-refractivity contribution is 6.76. The number of hydrogen-bond donors (Lipinski definition) is 0. The minimum absolute atomic E-state index is 0.0733. The van der Waals surface area contributed by atoms with Gasteiger partial charge in [0, 0.05) is 20.9 Å². The van der Waals surface area contributed by atoms with Crippen LogP contribution in [0.5, 0.6) is 0 Å². The molecule has 32 heavy (non-hydrogen) atoms. The second-order valence-electron chi connectivity index (χ2n) is 9.44. The average molecular weight is 455 g/mol. The molecule has 0 amide bonds. The Kier molecular flexibility index (Phi) is 6.30. The monoisotopic (exact) mass is 454 g/mol. The third kappa shape index (κ3) is 4.99. The molecule has 2 aromatic heterocycles. The molecule has 170 valence electrons. The highest BCUT2D eigenvalue weighted by Gasteiger charge is 2.25. The quantitative estimate of drug-likeness (QED) is 0.276. The Morgan fingerprint density at radius 3 is 2.72 bits per heavy atom. The van der Waals surface area contributed by atoms with Crippen LogP contribution < -0.4 is 5.56 Å². The molecule has 0 radical (unpaired) electrons. The second kappa shape index (κ2) is 8.99. The summed E-state index contributed by atoms with van der Waals surface area (Å²) in [6.07, 6.45) is 5.27. The number of hydrogen-bond acceptors (Lipinski definition) is 6. The van der Waals surface area contributed by atoms with Gasteiger partial charge in [-0.15, -0.1) is 0 Å². The number of carbonyl (C=O) groups is 1.